The summed E-state index contributed by atoms with van der Waals surface area (Å²) in [6.45, 7) is 1.97. The molecule has 7 heteroatoms. The minimum Gasteiger partial charge on any atom is -0.481 e. The first-order chi connectivity index (χ1) is 8.52. The Hall–Kier alpha value is -0.950. The molecule has 0 aromatic heterocycles. The zero-order chi connectivity index (χ0) is 13.2. The van der Waals surface area contributed by atoms with E-state index in [2.05, 4.69) is 10.6 Å². The smallest absolute Gasteiger partial charge is 0.315 e. The van der Waals surface area contributed by atoms with Gasteiger partial charge in [-0.3, -0.25) is 4.79 Å². The average molecular weight is 274 g/mol. The molecule has 2 saturated heterocycles. The lowest BCUT2D eigenvalue weighted by Crippen LogP contribution is -2.54. The highest BCUT2D eigenvalue weighted by Gasteiger charge is 2.47. The summed E-state index contributed by atoms with van der Waals surface area (Å²) in [5, 5.41) is 14.8. The third-order valence-corrected chi connectivity index (χ3v) is 4.68. The summed E-state index contributed by atoms with van der Waals surface area (Å²) in [5.41, 5.74) is -1.04. The molecule has 18 heavy (non-hydrogen) atoms. The number of carbonyl (C=O) groups excluding carboxylic acids is 1. The predicted molar refractivity (Wildman–Crippen MR) is 67.7 cm³/mol. The Morgan fingerprint density at radius 1 is 1.44 bits per heavy atom. The molecule has 2 aliphatic heterocycles. The van der Waals surface area contributed by atoms with Gasteiger partial charge < -0.3 is 20.5 Å². The van der Waals surface area contributed by atoms with Gasteiger partial charge in [0, 0.05) is 11.8 Å². The number of carbonyl (C=O) groups is 2. The minimum absolute atomic E-state index is 0.132. The Kier molecular flexibility index (Phi) is 4.01. The van der Waals surface area contributed by atoms with Crippen molar-refractivity contribution in [2.75, 3.05) is 24.7 Å². The first-order valence-electron chi connectivity index (χ1n) is 5.98. The topological polar surface area (TPSA) is 87.7 Å². The molecule has 0 saturated carbocycles. The second kappa shape index (κ2) is 5.36. The van der Waals surface area contributed by atoms with Gasteiger partial charge in [0.05, 0.1) is 19.3 Å². The van der Waals surface area contributed by atoms with E-state index in [0.29, 0.717) is 0 Å². The third-order valence-electron chi connectivity index (χ3n) is 3.51. The maximum absolute atomic E-state index is 11.8. The van der Waals surface area contributed by atoms with Crippen LogP contribution >= 0.6 is 11.8 Å². The summed E-state index contributed by atoms with van der Waals surface area (Å²) in [7, 11) is 0. The maximum Gasteiger partial charge on any atom is 0.315 e. The van der Waals surface area contributed by atoms with Crippen LogP contribution in [0.2, 0.25) is 0 Å². The Bertz CT molecular complexity index is 346. The molecule has 102 valence electrons. The zero-order valence-electron chi connectivity index (χ0n) is 10.3. The lowest BCUT2D eigenvalue weighted by molar-refractivity contribution is -0.148. The molecule has 2 aliphatic rings. The van der Waals surface area contributed by atoms with Crippen LogP contribution in [-0.4, -0.2) is 53.9 Å². The fraction of sp³-hybridized carbons (Fsp3) is 0.818. The standard InChI is InChI=1S/C11H18N2O4S/c1-11(9(14)15)6-17-4-8(11)13-10(16)12-7-2-3-18-5-7/h7-8H,2-6H2,1H3,(H,14,15)(H2,12,13,16). The van der Waals surface area contributed by atoms with Crippen molar-refractivity contribution in [3.63, 3.8) is 0 Å². The van der Waals surface area contributed by atoms with Gasteiger partial charge in [0.2, 0.25) is 0 Å². The molecule has 2 rings (SSSR count). The van der Waals surface area contributed by atoms with Crippen LogP contribution in [0.25, 0.3) is 0 Å². The van der Waals surface area contributed by atoms with Gasteiger partial charge >= 0.3 is 12.0 Å². The van der Waals surface area contributed by atoms with Crippen molar-refractivity contribution in [3.05, 3.63) is 0 Å². The van der Waals surface area contributed by atoms with Crippen LogP contribution in [0.1, 0.15) is 13.3 Å². The van der Waals surface area contributed by atoms with Crippen molar-refractivity contribution in [2.45, 2.75) is 25.4 Å². The van der Waals surface area contributed by atoms with Gasteiger partial charge in [0.1, 0.15) is 5.41 Å². The van der Waals surface area contributed by atoms with Crippen molar-refractivity contribution >= 4 is 23.8 Å². The number of ether oxygens (including phenoxy) is 1. The predicted octanol–water partition coefficient (Wildman–Crippen LogP) is 0.281. The molecule has 3 N–H and O–H groups in total. The molecule has 0 aliphatic carbocycles. The normalized spacial score (nSPS) is 35.4. The number of nitrogens with one attached hydrogen (secondary N) is 2. The zero-order valence-corrected chi connectivity index (χ0v) is 11.1. The Morgan fingerprint density at radius 3 is 2.83 bits per heavy atom. The summed E-state index contributed by atoms with van der Waals surface area (Å²) in [6, 6.07) is -0.595. The number of thioether (sulfide) groups is 1. The molecule has 2 heterocycles. The molecular weight excluding hydrogens is 256 g/mol. The summed E-state index contributed by atoms with van der Waals surface area (Å²) in [6.07, 6.45) is 0.968. The number of carboxylic acid groups (broad SMARTS) is 1. The number of hydrogen-bond acceptors (Lipinski definition) is 4. The molecule has 0 bridgehead atoms. The highest BCUT2D eigenvalue weighted by molar-refractivity contribution is 7.99. The van der Waals surface area contributed by atoms with Gasteiger partial charge in [-0.05, 0) is 19.1 Å². The fourth-order valence-corrected chi connectivity index (χ4v) is 3.27. The number of aliphatic carboxylic acids is 1. The number of carboxylic acids is 1. The van der Waals surface area contributed by atoms with Crippen molar-refractivity contribution in [3.8, 4) is 0 Å². The van der Waals surface area contributed by atoms with E-state index in [-0.39, 0.29) is 25.3 Å². The van der Waals surface area contributed by atoms with Gasteiger partial charge in [-0.15, -0.1) is 0 Å². The summed E-state index contributed by atoms with van der Waals surface area (Å²) >= 11 is 1.81. The lowest BCUT2D eigenvalue weighted by Gasteiger charge is -2.26. The number of amides is 2. The Morgan fingerprint density at radius 2 is 2.22 bits per heavy atom. The molecule has 2 fully saturated rings. The summed E-state index contributed by atoms with van der Waals surface area (Å²) < 4.78 is 5.18. The van der Waals surface area contributed by atoms with Gasteiger partial charge in [-0.25, -0.2) is 4.79 Å². The SMILES string of the molecule is CC1(C(=O)O)COCC1NC(=O)NC1CCSC1. The van der Waals surface area contributed by atoms with Crippen molar-refractivity contribution < 1.29 is 19.4 Å². The quantitative estimate of drug-likeness (QED) is 0.688. The highest BCUT2D eigenvalue weighted by atomic mass is 32.2. The molecule has 2 amide bonds. The summed E-state index contributed by atoms with van der Waals surface area (Å²) in [4.78, 5) is 23.0. The van der Waals surface area contributed by atoms with E-state index in [0.717, 1.165) is 17.9 Å². The third kappa shape index (κ3) is 2.72. The van der Waals surface area contributed by atoms with Gasteiger partial charge in [-0.2, -0.15) is 11.8 Å². The first kappa shape index (κ1) is 13.5. The van der Waals surface area contributed by atoms with Gasteiger partial charge in [-0.1, -0.05) is 0 Å². The molecule has 3 atom stereocenters. The van der Waals surface area contributed by atoms with E-state index in [1.165, 1.54) is 0 Å². The van der Waals surface area contributed by atoms with E-state index < -0.39 is 17.4 Å². The van der Waals surface area contributed by atoms with E-state index in [1.54, 1.807) is 6.92 Å². The van der Waals surface area contributed by atoms with Gasteiger partial charge in [0.15, 0.2) is 0 Å². The second-order valence-electron chi connectivity index (χ2n) is 4.97. The van der Waals surface area contributed by atoms with Crippen LogP contribution in [0.4, 0.5) is 4.79 Å². The fourth-order valence-electron chi connectivity index (χ4n) is 2.12. The van der Waals surface area contributed by atoms with Crippen LogP contribution < -0.4 is 10.6 Å². The second-order valence-corrected chi connectivity index (χ2v) is 6.12. The molecule has 3 unspecified atom stereocenters. The van der Waals surface area contributed by atoms with Crippen molar-refractivity contribution in [1.82, 2.24) is 10.6 Å². The molecule has 6 nitrogen and oxygen atoms in total. The lowest BCUT2D eigenvalue weighted by atomic mass is 9.85. The summed E-state index contributed by atoms with van der Waals surface area (Å²) in [5.74, 6) is 1.04. The molecule has 0 spiro atoms. The van der Waals surface area contributed by atoms with E-state index in [9.17, 15) is 14.7 Å². The molecule has 0 radical (unpaired) electrons. The minimum atomic E-state index is -1.04. The first-order valence-corrected chi connectivity index (χ1v) is 7.14. The van der Waals surface area contributed by atoms with E-state index in [1.807, 2.05) is 11.8 Å². The number of hydrogen-bond donors (Lipinski definition) is 3. The van der Waals surface area contributed by atoms with Crippen molar-refractivity contribution in [1.29, 1.82) is 0 Å². The average Bonchev–Trinajstić information content (AvgIpc) is 2.90. The van der Waals surface area contributed by atoms with Crippen molar-refractivity contribution in [2.24, 2.45) is 5.41 Å². The molecule has 0 aromatic rings. The number of rotatable bonds is 3. The van der Waals surface area contributed by atoms with Gasteiger partial charge in [0.25, 0.3) is 0 Å². The monoisotopic (exact) mass is 274 g/mol. The van der Waals surface area contributed by atoms with Crippen LogP contribution in [-0.2, 0) is 9.53 Å². The van der Waals surface area contributed by atoms with Crippen LogP contribution in [0.3, 0.4) is 0 Å². The van der Waals surface area contributed by atoms with Crippen LogP contribution in [0, 0.1) is 5.41 Å². The molecule has 0 aromatic carbocycles. The molecular formula is C11H18N2O4S. The largest absolute Gasteiger partial charge is 0.481 e. The van der Waals surface area contributed by atoms with E-state index in [4.69, 9.17) is 4.74 Å². The van der Waals surface area contributed by atoms with E-state index >= 15 is 0 Å². The Labute approximate surface area is 110 Å². The highest BCUT2D eigenvalue weighted by Crippen LogP contribution is 2.28. The van der Waals surface area contributed by atoms with Crippen LogP contribution in [0.5, 0.6) is 0 Å². The van der Waals surface area contributed by atoms with Crippen LogP contribution in [0.15, 0.2) is 0 Å². The maximum atomic E-state index is 11.8. The Balaban J connectivity index is 1.88. The number of urea groups is 1.